The van der Waals surface area contributed by atoms with Gasteiger partial charge < -0.3 is 15.2 Å². The zero-order chi connectivity index (χ0) is 16.9. The van der Waals surface area contributed by atoms with Crippen LogP contribution < -0.4 is 16.0 Å². The minimum absolute atomic E-state index is 0.249. The molecule has 0 spiro atoms. The molecule has 1 heterocycles. The number of amides is 3. The number of nitrogens with zero attached hydrogens (tertiary/aromatic N) is 2. The summed E-state index contributed by atoms with van der Waals surface area (Å²) in [6.07, 6.45) is 1.68. The molecular formula is C15H23N5O2. The van der Waals surface area contributed by atoms with Gasteiger partial charge in [0.25, 0.3) is 0 Å². The van der Waals surface area contributed by atoms with Crippen LogP contribution in [0.25, 0.3) is 0 Å². The number of aromatic nitrogens is 1. The zero-order valence-corrected chi connectivity index (χ0v) is 13.7. The lowest BCUT2D eigenvalue weighted by molar-refractivity contribution is -0.122. The van der Waals surface area contributed by atoms with Crippen molar-refractivity contribution in [2.75, 3.05) is 11.9 Å². The molecule has 0 aliphatic rings. The lowest BCUT2D eigenvalue weighted by Gasteiger charge is -2.24. The first kappa shape index (κ1) is 17.6. The van der Waals surface area contributed by atoms with E-state index < -0.39 is 12.1 Å². The van der Waals surface area contributed by atoms with E-state index in [1.807, 2.05) is 32.3 Å². The molecule has 7 nitrogen and oxygen atoms in total. The third-order valence-electron chi connectivity index (χ3n) is 3.01. The van der Waals surface area contributed by atoms with Crippen LogP contribution in [-0.4, -0.2) is 29.1 Å². The van der Waals surface area contributed by atoms with Gasteiger partial charge in [0.1, 0.15) is 17.9 Å². The molecule has 3 amide bonds. The maximum atomic E-state index is 12.0. The molecule has 22 heavy (non-hydrogen) atoms. The van der Waals surface area contributed by atoms with Gasteiger partial charge in [-0.15, -0.1) is 0 Å². The Balaban J connectivity index is 2.83. The van der Waals surface area contributed by atoms with E-state index in [0.717, 1.165) is 0 Å². The fourth-order valence-corrected chi connectivity index (χ4v) is 1.92. The predicted octanol–water partition coefficient (Wildman–Crippen LogP) is 1.76. The Bertz CT molecular complexity index is 592. The zero-order valence-electron chi connectivity index (χ0n) is 13.7. The monoisotopic (exact) mass is 305 g/mol. The maximum Gasteiger partial charge on any atom is 0.321 e. The van der Waals surface area contributed by atoms with Crippen LogP contribution >= 0.6 is 0 Å². The summed E-state index contributed by atoms with van der Waals surface area (Å²) in [5, 5.41) is 16.9. The molecule has 0 saturated carbocycles. The van der Waals surface area contributed by atoms with Gasteiger partial charge in [0.05, 0.1) is 5.56 Å². The van der Waals surface area contributed by atoms with Gasteiger partial charge in [-0.2, -0.15) is 5.26 Å². The van der Waals surface area contributed by atoms with Crippen molar-refractivity contribution in [2.24, 2.45) is 0 Å². The van der Waals surface area contributed by atoms with Crippen molar-refractivity contribution in [3.8, 4) is 6.07 Å². The second kappa shape index (κ2) is 6.98. The molecule has 7 heteroatoms. The number of anilines is 1. The fourth-order valence-electron chi connectivity index (χ4n) is 1.92. The van der Waals surface area contributed by atoms with Crippen LogP contribution in [0.3, 0.4) is 0 Å². The van der Waals surface area contributed by atoms with E-state index in [9.17, 15) is 9.59 Å². The number of hydrogen-bond acceptors (Lipinski definition) is 3. The number of rotatable bonds is 4. The Kier molecular flexibility index (Phi) is 5.57. The van der Waals surface area contributed by atoms with Crippen LogP contribution in [0.5, 0.6) is 0 Å². The molecule has 1 aromatic rings. The van der Waals surface area contributed by atoms with E-state index in [2.05, 4.69) is 22.0 Å². The number of likely N-dealkylation sites (N-methyl/N-ethyl adjacent to an activating group) is 1. The molecule has 1 unspecified atom stereocenters. The van der Waals surface area contributed by atoms with Crippen LogP contribution in [0.1, 0.15) is 40.2 Å². The van der Waals surface area contributed by atoms with Crippen molar-refractivity contribution in [3.05, 3.63) is 17.8 Å². The predicted molar refractivity (Wildman–Crippen MR) is 84.4 cm³/mol. The third-order valence-corrected chi connectivity index (χ3v) is 3.01. The molecular weight excluding hydrogens is 282 g/mol. The van der Waals surface area contributed by atoms with E-state index in [1.54, 1.807) is 19.2 Å². The van der Waals surface area contributed by atoms with Crippen molar-refractivity contribution in [3.63, 3.8) is 0 Å². The first-order valence-corrected chi connectivity index (χ1v) is 7.17. The lowest BCUT2D eigenvalue weighted by atomic mass is 10.1. The Morgan fingerprint density at radius 1 is 1.41 bits per heavy atom. The number of nitrogens with one attached hydrogen (secondary N) is 3. The topological polar surface area (TPSA) is 99.0 Å². The lowest BCUT2D eigenvalue weighted by Crippen LogP contribution is -2.46. The van der Waals surface area contributed by atoms with E-state index in [1.165, 1.54) is 0 Å². The molecule has 1 aromatic heterocycles. The summed E-state index contributed by atoms with van der Waals surface area (Å²) in [6.45, 7) is 9.82. The smallest absolute Gasteiger partial charge is 0.321 e. The van der Waals surface area contributed by atoms with Crippen molar-refractivity contribution in [2.45, 2.75) is 46.2 Å². The standard InChI is InChI=1S/C15H23N5O2/c1-6-17-13(21)10(2)18-14(22)19-12-7-11(8-16)9-20(12)15(3,4)5/h7,9-10H,6H2,1-5H3,(H,17,21)(H2,18,19,22). The average Bonchev–Trinajstić information content (AvgIpc) is 2.81. The van der Waals surface area contributed by atoms with Crippen LogP contribution in [0.4, 0.5) is 10.6 Å². The van der Waals surface area contributed by atoms with Gasteiger partial charge in [0, 0.05) is 18.3 Å². The van der Waals surface area contributed by atoms with Gasteiger partial charge in [0.2, 0.25) is 5.91 Å². The molecule has 120 valence electrons. The maximum absolute atomic E-state index is 12.0. The quantitative estimate of drug-likeness (QED) is 0.790. The largest absolute Gasteiger partial charge is 0.355 e. The van der Waals surface area contributed by atoms with Crippen LogP contribution in [0.2, 0.25) is 0 Å². The summed E-state index contributed by atoms with van der Waals surface area (Å²) >= 11 is 0. The Morgan fingerprint density at radius 2 is 2.05 bits per heavy atom. The van der Waals surface area contributed by atoms with E-state index in [-0.39, 0.29) is 11.4 Å². The molecule has 0 fully saturated rings. The second-order valence-electron chi connectivity index (χ2n) is 5.98. The number of hydrogen-bond donors (Lipinski definition) is 3. The van der Waals surface area contributed by atoms with E-state index in [0.29, 0.717) is 17.9 Å². The van der Waals surface area contributed by atoms with Gasteiger partial charge in [-0.05, 0) is 40.7 Å². The summed E-state index contributed by atoms with van der Waals surface area (Å²) in [6, 6.07) is 2.51. The summed E-state index contributed by atoms with van der Waals surface area (Å²) in [5.74, 6) is 0.256. The molecule has 0 aliphatic heterocycles. The number of carbonyl (C=O) groups is 2. The Hall–Kier alpha value is -2.49. The molecule has 0 radical (unpaired) electrons. The fraction of sp³-hybridized carbons (Fsp3) is 0.533. The van der Waals surface area contributed by atoms with Crippen molar-refractivity contribution in [1.29, 1.82) is 5.26 Å². The minimum Gasteiger partial charge on any atom is -0.355 e. The van der Waals surface area contributed by atoms with Crippen LogP contribution in [0.15, 0.2) is 12.3 Å². The van der Waals surface area contributed by atoms with Gasteiger partial charge in [-0.25, -0.2) is 4.79 Å². The van der Waals surface area contributed by atoms with Crippen LogP contribution in [0, 0.1) is 11.3 Å². The SMILES string of the molecule is CCNC(=O)C(C)NC(=O)Nc1cc(C#N)cn1C(C)(C)C. The summed E-state index contributed by atoms with van der Waals surface area (Å²) in [4.78, 5) is 23.6. The highest BCUT2D eigenvalue weighted by Crippen LogP contribution is 2.23. The first-order chi connectivity index (χ1) is 10.2. The van der Waals surface area contributed by atoms with Gasteiger partial charge in [-0.3, -0.25) is 10.1 Å². The average molecular weight is 305 g/mol. The van der Waals surface area contributed by atoms with Gasteiger partial charge >= 0.3 is 6.03 Å². The molecule has 0 aromatic carbocycles. The Labute approximate surface area is 130 Å². The highest BCUT2D eigenvalue weighted by molar-refractivity contribution is 5.93. The highest BCUT2D eigenvalue weighted by Gasteiger charge is 2.20. The molecule has 0 bridgehead atoms. The molecule has 0 saturated heterocycles. The number of urea groups is 1. The van der Waals surface area contributed by atoms with Gasteiger partial charge in [0.15, 0.2) is 0 Å². The molecule has 0 aliphatic carbocycles. The van der Waals surface area contributed by atoms with Gasteiger partial charge in [-0.1, -0.05) is 0 Å². The number of carbonyl (C=O) groups excluding carboxylic acids is 2. The minimum atomic E-state index is -0.645. The Morgan fingerprint density at radius 3 is 2.55 bits per heavy atom. The van der Waals surface area contributed by atoms with E-state index >= 15 is 0 Å². The second-order valence-corrected chi connectivity index (χ2v) is 5.98. The summed E-state index contributed by atoms with van der Waals surface area (Å²) in [7, 11) is 0. The summed E-state index contributed by atoms with van der Waals surface area (Å²) < 4.78 is 1.81. The third kappa shape index (κ3) is 4.52. The normalized spacial score (nSPS) is 12.2. The summed E-state index contributed by atoms with van der Waals surface area (Å²) in [5.41, 5.74) is 0.171. The first-order valence-electron chi connectivity index (χ1n) is 7.17. The van der Waals surface area contributed by atoms with Crippen molar-refractivity contribution < 1.29 is 9.59 Å². The van der Waals surface area contributed by atoms with Crippen molar-refractivity contribution in [1.82, 2.24) is 15.2 Å². The molecule has 1 atom stereocenters. The molecule has 1 rings (SSSR count). The number of nitriles is 1. The van der Waals surface area contributed by atoms with Crippen molar-refractivity contribution >= 4 is 17.8 Å². The highest BCUT2D eigenvalue weighted by atomic mass is 16.2. The van der Waals surface area contributed by atoms with E-state index in [4.69, 9.17) is 5.26 Å². The van der Waals surface area contributed by atoms with Crippen LogP contribution in [-0.2, 0) is 10.3 Å². The molecule has 3 N–H and O–H groups in total.